The highest BCUT2D eigenvalue weighted by atomic mass is 16.5. The van der Waals surface area contributed by atoms with Crippen molar-refractivity contribution in [2.45, 2.75) is 33.6 Å². The van der Waals surface area contributed by atoms with Crippen molar-refractivity contribution in [1.29, 1.82) is 0 Å². The van der Waals surface area contributed by atoms with Crippen LogP contribution in [0.2, 0.25) is 0 Å². The molecule has 2 aromatic rings. The van der Waals surface area contributed by atoms with E-state index in [1.54, 1.807) is 30.3 Å². The van der Waals surface area contributed by atoms with Crippen LogP contribution in [0.5, 0.6) is 5.75 Å². The Morgan fingerprint density at radius 1 is 1.15 bits per heavy atom. The van der Waals surface area contributed by atoms with Gasteiger partial charge in [-0.05, 0) is 66.8 Å². The molecule has 0 unspecified atom stereocenters. The third kappa shape index (κ3) is 3.72. The number of para-hydroxylation sites is 1. The summed E-state index contributed by atoms with van der Waals surface area (Å²) in [4.78, 5) is 26.2. The monoisotopic (exact) mass is 364 g/mol. The largest absolute Gasteiger partial charge is 0.494 e. The number of amides is 3. The van der Waals surface area contributed by atoms with Crippen LogP contribution in [0.4, 0.5) is 10.5 Å². The van der Waals surface area contributed by atoms with Gasteiger partial charge in [0, 0.05) is 0 Å². The van der Waals surface area contributed by atoms with E-state index in [4.69, 9.17) is 4.74 Å². The molecule has 0 bridgehead atoms. The third-order valence-corrected chi connectivity index (χ3v) is 4.51. The molecule has 1 saturated heterocycles. The standard InChI is InChI=1S/C22H24N2O3/c1-5-27-20-11-15(4)16(12-18(20)14(2)3)13-19-21(25)24(22(26)23-19)17-9-7-6-8-10-17/h6-14H,5H2,1-4H3,(H,23,26)/b19-13-. The van der Waals surface area contributed by atoms with Crippen molar-refractivity contribution in [2.75, 3.05) is 11.5 Å². The molecule has 0 aliphatic carbocycles. The second-order valence-electron chi connectivity index (χ2n) is 6.80. The third-order valence-electron chi connectivity index (χ3n) is 4.51. The lowest BCUT2D eigenvalue weighted by Crippen LogP contribution is -2.30. The average Bonchev–Trinajstić information content (AvgIpc) is 2.91. The molecule has 0 aromatic heterocycles. The van der Waals surface area contributed by atoms with Crippen LogP contribution in [0.1, 0.15) is 43.4 Å². The summed E-state index contributed by atoms with van der Waals surface area (Å²) in [6.45, 7) is 8.73. The molecule has 1 heterocycles. The zero-order chi connectivity index (χ0) is 19.6. The molecule has 140 valence electrons. The highest BCUT2D eigenvalue weighted by molar-refractivity contribution is 6.28. The van der Waals surface area contributed by atoms with Gasteiger partial charge in [0.1, 0.15) is 11.4 Å². The molecule has 0 atom stereocenters. The summed E-state index contributed by atoms with van der Waals surface area (Å²) in [6.07, 6.45) is 1.74. The van der Waals surface area contributed by atoms with Crippen LogP contribution in [0.25, 0.3) is 6.08 Å². The Kier molecular flexibility index (Phi) is 5.31. The van der Waals surface area contributed by atoms with Gasteiger partial charge in [0.05, 0.1) is 12.3 Å². The lowest BCUT2D eigenvalue weighted by molar-refractivity contribution is -0.113. The Hall–Kier alpha value is -3.08. The molecule has 5 heteroatoms. The Bertz CT molecular complexity index is 901. The van der Waals surface area contributed by atoms with E-state index in [0.717, 1.165) is 27.3 Å². The van der Waals surface area contributed by atoms with E-state index in [1.165, 1.54) is 0 Å². The summed E-state index contributed by atoms with van der Waals surface area (Å²) < 4.78 is 5.75. The second-order valence-corrected chi connectivity index (χ2v) is 6.80. The zero-order valence-electron chi connectivity index (χ0n) is 16.1. The van der Waals surface area contributed by atoms with Crippen molar-refractivity contribution >= 4 is 23.7 Å². The van der Waals surface area contributed by atoms with E-state index in [-0.39, 0.29) is 17.5 Å². The van der Waals surface area contributed by atoms with Gasteiger partial charge in [-0.2, -0.15) is 0 Å². The topological polar surface area (TPSA) is 58.6 Å². The van der Waals surface area contributed by atoms with Crippen LogP contribution in [0.15, 0.2) is 48.2 Å². The first-order valence-corrected chi connectivity index (χ1v) is 9.12. The van der Waals surface area contributed by atoms with Crippen molar-refractivity contribution in [3.05, 3.63) is 64.9 Å². The van der Waals surface area contributed by atoms with Gasteiger partial charge in [0.15, 0.2) is 0 Å². The number of ether oxygens (including phenoxy) is 1. The minimum absolute atomic E-state index is 0.269. The maximum atomic E-state index is 12.8. The van der Waals surface area contributed by atoms with E-state index in [9.17, 15) is 9.59 Å². The first kappa shape index (κ1) is 18.7. The van der Waals surface area contributed by atoms with Crippen molar-refractivity contribution in [3.63, 3.8) is 0 Å². The number of nitrogens with zero attached hydrogens (tertiary/aromatic N) is 1. The summed E-state index contributed by atoms with van der Waals surface area (Å²) in [5.74, 6) is 0.782. The van der Waals surface area contributed by atoms with E-state index < -0.39 is 6.03 Å². The summed E-state index contributed by atoms with van der Waals surface area (Å²) in [7, 11) is 0. The summed E-state index contributed by atoms with van der Waals surface area (Å²) in [5.41, 5.74) is 3.77. The highest BCUT2D eigenvalue weighted by Crippen LogP contribution is 2.31. The lowest BCUT2D eigenvalue weighted by Gasteiger charge is -2.16. The zero-order valence-corrected chi connectivity index (χ0v) is 16.1. The number of benzene rings is 2. The van der Waals surface area contributed by atoms with E-state index >= 15 is 0 Å². The van der Waals surface area contributed by atoms with Crippen LogP contribution in [-0.4, -0.2) is 18.5 Å². The number of hydrogen-bond acceptors (Lipinski definition) is 3. The van der Waals surface area contributed by atoms with Gasteiger partial charge < -0.3 is 10.1 Å². The van der Waals surface area contributed by atoms with E-state index in [1.807, 2.05) is 32.0 Å². The number of imide groups is 1. The normalized spacial score (nSPS) is 15.6. The van der Waals surface area contributed by atoms with Gasteiger partial charge in [0.2, 0.25) is 0 Å². The minimum atomic E-state index is -0.440. The molecule has 3 amide bonds. The lowest BCUT2D eigenvalue weighted by atomic mass is 9.96. The van der Waals surface area contributed by atoms with Crippen LogP contribution in [0, 0.1) is 6.92 Å². The Labute approximate surface area is 159 Å². The molecule has 0 saturated carbocycles. The Morgan fingerprint density at radius 3 is 2.48 bits per heavy atom. The molecule has 0 spiro atoms. The fourth-order valence-corrected chi connectivity index (χ4v) is 3.11. The maximum absolute atomic E-state index is 12.8. The SMILES string of the molecule is CCOc1cc(C)c(/C=C2\NC(=O)N(c3ccccc3)C2=O)cc1C(C)C. The van der Waals surface area contributed by atoms with Crippen molar-refractivity contribution in [1.82, 2.24) is 5.32 Å². The molecule has 5 nitrogen and oxygen atoms in total. The van der Waals surface area contributed by atoms with Crippen LogP contribution >= 0.6 is 0 Å². The number of aryl methyl sites for hydroxylation is 1. The Morgan fingerprint density at radius 2 is 1.85 bits per heavy atom. The van der Waals surface area contributed by atoms with Gasteiger partial charge in [0.25, 0.3) is 5.91 Å². The van der Waals surface area contributed by atoms with Gasteiger partial charge in [-0.1, -0.05) is 32.0 Å². The number of carbonyl (C=O) groups is 2. The molecule has 27 heavy (non-hydrogen) atoms. The molecular weight excluding hydrogens is 340 g/mol. The molecule has 0 radical (unpaired) electrons. The summed E-state index contributed by atoms with van der Waals surface area (Å²) >= 11 is 0. The fraction of sp³-hybridized carbons (Fsp3) is 0.273. The first-order valence-electron chi connectivity index (χ1n) is 9.12. The predicted octanol–water partition coefficient (Wildman–Crippen LogP) is 4.61. The molecular formula is C22H24N2O3. The van der Waals surface area contributed by atoms with Gasteiger partial charge in [-0.3, -0.25) is 4.79 Å². The van der Waals surface area contributed by atoms with Crippen molar-refractivity contribution in [3.8, 4) is 5.75 Å². The van der Waals surface area contributed by atoms with Gasteiger partial charge in [-0.15, -0.1) is 0 Å². The number of carbonyl (C=O) groups excluding carboxylic acids is 2. The highest BCUT2D eigenvalue weighted by Gasteiger charge is 2.34. The van der Waals surface area contributed by atoms with E-state index in [2.05, 4.69) is 19.2 Å². The number of anilines is 1. The van der Waals surface area contributed by atoms with Crippen molar-refractivity contribution in [2.24, 2.45) is 0 Å². The number of urea groups is 1. The molecule has 3 rings (SSSR count). The fourth-order valence-electron chi connectivity index (χ4n) is 3.11. The summed E-state index contributed by atoms with van der Waals surface area (Å²) in [5, 5.41) is 2.68. The van der Waals surface area contributed by atoms with Crippen molar-refractivity contribution < 1.29 is 14.3 Å². The average molecular weight is 364 g/mol. The van der Waals surface area contributed by atoms with Gasteiger partial charge >= 0.3 is 6.03 Å². The number of hydrogen-bond donors (Lipinski definition) is 1. The minimum Gasteiger partial charge on any atom is -0.494 e. The summed E-state index contributed by atoms with van der Waals surface area (Å²) in [6, 6.07) is 12.5. The smallest absolute Gasteiger partial charge is 0.333 e. The molecule has 1 fully saturated rings. The van der Waals surface area contributed by atoms with Crippen LogP contribution in [-0.2, 0) is 4.79 Å². The molecule has 1 N–H and O–H groups in total. The molecule has 1 aliphatic rings. The van der Waals surface area contributed by atoms with Crippen LogP contribution < -0.4 is 15.0 Å². The van der Waals surface area contributed by atoms with Gasteiger partial charge in [-0.25, -0.2) is 9.69 Å². The molecule has 1 aliphatic heterocycles. The molecule has 2 aromatic carbocycles. The predicted molar refractivity (Wildman–Crippen MR) is 107 cm³/mol. The van der Waals surface area contributed by atoms with Crippen LogP contribution in [0.3, 0.4) is 0 Å². The number of rotatable bonds is 5. The maximum Gasteiger partial charge on any atom is 0.333 e. The van der Waals surface area contributed by atoms with E-state index in [0.29, 0.717) is 12.3 Å². The Balaban J connectivity index is 1.98. The first-order chi connectivity index (χ1) is 12.9. The quantitative estimate of drug-likeness (QED) is 0.622. The second kappa shape index (κ2) is 7.66. The number of nitrogens with one attached hydrogen (secondary N) is 1.